The van der Waals surface area contributed by atoms with Crippen LogP contribution in [0.5, 0.6) is 17.2 Å². The Bertz CT molecular complexity index is 1040. The minimum Gasteiger partial charge on any atom is -0.491 e. The Morgan fingerprint density at radius 2 is 2.00 bits per heavy atom. The summed E-state index contributed by atoms with van der Waals surface area (Å²) >= 11 is 0. The third-order valence-corrected chi connectivity index (χ3v) is 5.12. The van der Waals surface area contributed by atoms with Gasteiger partial charge in [-0.1, -0.05) is 18.2 Å². The Balaban J connectivity index is 1.79. The van der Waals surface area contributed by atoms with Crippen LogP contribution in [-0.4, -0.2) is 55.0 Å². The SMILES string of the molecule is CCO[C@@H](CC/C=C/C(=O)NO)[C@@H](OC(=O)Nc1ccc2c(c1)OCO2)c1cccc(OCCO)c1. The largest absolute Gasteiger partial charge is 0.491 e. The number of allylic oxidation sites excluding steroid dienone is 1. The number of hydroxylamine groups is 1. The lowest BCUT2D eigenvalue weighted by molar-refractivity contribution is -0.124. The molecule has 11 nitrogen and oxygen atoms in total. The van der Waals surface area contributed by atoms with Crippen molar-refractivity contribution in [3.05, 3.63) is 60.2 Å². The van der Waals surface area contributed by atoms with Crippen LogP contribution in [0.15, 0.2) is 54.6 Å². The van der Waals surface area contributed by atoms with E-state index in [4.69, 9.17) is 34.0 Å². The summed E-state index contributed by atoms with van der Waals surface area (Å²) in [4.78, 5) is 24.1. The predicted molar refractivity (Wildman–Crippen MR) is 128 cm³/mol. The average Bonchev–Trinajstić information content (AvgIpc) is 3.36. The number of nitrogens with one attached hydrogen (secondary N) is 2. The lowest BCUT2D eigenvalue weighted by atomic mass is 10.00. The van der Waals surface area contributed by atoms with Crippen LogP contribution in [0.4, 0.5) is 10.5 Å². The molecule has 1 aliphatic rings. The predicted octanol–water partition coefficient (Wildman–Crippen LogP) is 3.32. The van der Waals surface area contributed by atoms with Gasteiger partial charge < -0.3 is 28.8 Å². The molecule has 0 bridgehead atoms. The molecule has 2 atom stereocenters. The molecule has 4 N–H and O–H groups in total. The molecule has 0 aromatic heterocycles. The molecule has 2 aromatic carbocycles. The summed E-state index contributed by atoms with van der Waals surface area (Å²) in [7, 11) is 0. The standard InChI is InChI=1S/C25H30N2O9/c1-2-32-21(8-3-4-9-23(29)27-31)24(17-6-5-7-19(14-17)33-13-12-28)36-25(30)26-18-10-11-20-22(15-18)35-16-34-20/h4-7,9-11,14-15,21,24,28,31H,2-3,8,12-13,16H2,1H3,(H,26,30)(H,27,29)/b9-4+/t21-,24-/m0/s1. The molecule has 2 aromatic rings. The molecular formula is C25H30N2O9. The summed E-state index contributed by atoms with van der Waals surface area (Å²) in [5.74, 6) is 0.962. The van der Waals surface area contributed by atoms with E-state index in [1.807, 2.05) is 6.92 Å². The zero-order valence-corrected chi connectivity index (χ0v) is 19.8. The van der Waals surface area contributed by atoms with Crippen LogP contribution in [0.3, 0.4) is 0 Å². The normalized spacial score (nSPS) is 13.8. The Morgan fingerprint density at radius 1 is 1.17 bits per heavy atom. The Labute approximate surface area is 208 Å². The molecule has 2 amide bonds. The first-order valence-electron chi connectivity index (χ1n) is 11.5. The van der Waals surface area contributed by atoms with Crippen molar-refractivity contribution in [2.45, 2.75) is 32.0 Å². The van der Waals surface area contributed by atoms with Crippen LogP contribution in [0, 0.1) is 0 Å². The van der Waals surface area contributed by atoms with Gasteiger partial charge in [-0.15, -0.1) is 0 Å². The Hall–Kier alpha value is -3.80. The second-order valence-corrected chi connectivity index (χ2v) is 7.61. The topological polar surface area (TPSA) is 145 Å². The van der Waals surface area contributed by atoms with Crippen molar-refractivity contribution in [2.75, 3.05) is 31.9 Å². The lowest BCUT2D eigenvalue weighted by Crippen LogP contribution is -2.29. The molecule has 0 spiro atoms. The maximum atomic E-state index is 12.9. The van der Waals surface area contributed by atoms with Crippen molar-refractivity contribution in [3.8, 4) is 17.2 Å². The number of hydrogen-bond donors (Lipinski definition) is 4. The first-order chi connectivity index (χ1) is 17.5. The number of rotatable bonds is 13. The summed E-state index contributed by atoms with van der Waals surface area (Å²) in [5.41, 5.74) is 2.62. The zero-order valence-electron chi connectivity index (χ0n) is 19.8. The summed E-state index contributed by atoms with van der Waals surface area (Å²) in [6, 6.07) is 12.0. The number of fused-ring (bicyclic) bond motifs is 1. The van der Waals surface area contributed by atoms with E-state index >= 15 is 0 Å². The summed E-state index contributed by atoms with van der Waals surface area (Å²) in [6.07, 6.45) is 1.52. The Kier molecular flexibility index (Phi) is 10.4. The van der Waals surface area contributed by atoms with Crippen LogP contribution in [0.25, 0.3) is 0 Å². The molecule has 0 fully saturated rings. The minimum absolute atomic E-state index is 0.116. The number of carbonyl (C=O) groups is 2. The first-order valence-corrected chi connectivity index (χ1v) is 11.5. The number of aliphatic hydroxyl groups is 1. The van der Waals surface area contributed by atoms with Crippen LogP contribution >= 0.6 is 0 Å². The highest BCUT2D eigenvalue weighted by Gasteiger charge is 2.28. The van der Waals surface area contributed by atoms with Gasteiger partial charge in [0.2, 0.25) is 6.79 Å². The zero-order chi connectivity index (χ0) is 25.8. The van der Waals surface area contributed by atoms with Gasteiger partial charge in [-0.25, -0.2) is 10.3 Å². The molecular weight excluding hydrogens is 472 g/mol. The third kappa shape index (κ3) is 7.87. The summed E-state index contributed by atoms with van der Waals surface area (Å²) in [5, 5.41) is 20.4. The van der Waals surface area contributed by atoms with Gasteiger partial charge in [0, 0.05) is 24.4 Å². The Morgan fingerprint density at radius 3 is 2.78 bits per heavy atom. The van der Waals surface area contributed by atoms with Gasteiger partial charge in [0.15, 0.2) is 17.6 Å². The smallest absolute Gasteiger partial charge is 0.412 e. The van der Waals surface area contributed by atoms with Crippen molar-refractivity contribution in [2.24, 2.45) is 0 Å². The molecule has 0 saturated carbocycles. The fraction of sp³-hybridized carbons (Fsp3) is 0.360. The molecule has 0 unspecified atom stereocenters. The number of carbonyl (C=O) groups excluding carboxylic acids is 2. The van der Waals surface area contributed by atoms with Crippen molar-refractivity contribution in [1.29, 1.82) is 0 Å². The van der Waals surface area contributed by atoms with Gasteiger partial charge in [-0.2, -0.15) is 0 Å². The van der Waals surface area contributed by atoms with Gasteiger partial charge in [-0.05, 0) is 49.6 Å². The molecule has 0 saturated heterocycles. The molecule has 1 heterocycles. The van der Waals surface area contributed by atoms with Gasteiger partial charge in [0.1, 0.15) is 12.4 Å². The van der Waals surface area contributed by atoms with Gasteiger partial charge in [0.25, 0.3) is 5.91 Å². The highest BCUT2D eigenvalue weighted by molar-refractivity contribution is 5.86. The van der Waals surface area contributed by atoms with Crippen molar-refractivity contribution in [1.82, 2.24) is 5.48 Å². The van der Waals surface area contributed by atoms with E-state index < -0.39 is 24.2 Å². The molecule has 0 aliphatic carbocycles. The number of aliphatic hydroxyl groups excluding tert-OH is 1. The van der Waals surface area contributed by atoms with E-state index in [1.54, 1.807) is 48.5 Å². The molecule has 3 rings (SSSR count). The second-order valence-electron chi connectivity index (χ2n) is 7.61. The number of hydrogen-bond acceptors (Lipinski definition) is 9. The van der Waals surface area contributed by atoms with E-state index in [2.05, 4.69) is 5.32 Å². The highest BCUT2D eigenvalue weighted by atomic mass is 16.7. The van der Waals surface area contributed by atoms with Crippen LogP contribution < -0.4 is 25.0 Å². The van der Waals surface area contributed by atoms with E-state index in [0.717, 1.165) is 0 Å². The molecule has 11 heteroatoms. The quantitative estimate of drug-likeness (QED) is 0.184. The third-order valence-electron chi connectivity index (χ3n) is 5.12. The molecule has 36 heavy (non-hydrogen) atoms. The number of ether oxygens (including phenoxy) is 5. The number of anilines is 1. The van der Waals surface area contributed by atoms with Crippen molar-refractivity contribution >= 4 is 17.7 Å². The fourth-order valence-electron chi connectivity index (χ4n) is 3.56. The molecule has 194 valence electrons. The monoisotopic (exact) mass is 502 g/mol. The average molecular weight is 503 g/mol. The minimum atomic E-state index is -0.822. The maximum Gasteiger partial charge on any atom is 0.412 e. The highest BCUT2D eigenvalue weighted by Crippen LogP contribution is 2.35. The molecule has 1 aliphatic heterocycles. The van der Waals surface area contributed by atoms with E-state index in [-0.39, 0.29) is 20.0 Å². The number of amides is 2. The first kappa shape index (κ1) is 26.8. The van der Waals surface area contributed by atoms with Gasteiger partial charge in [-0.3, -0.25) is 15.3 Å². The van der Waals surface area contributed by atoms with Crippen LogP contribution in [0.1, 0.15) is 31.4 Å². The number of benzene rings is 2. The van der Waals surface area contributed by atoms with Crippen molar-refractivity contribution < 1.29 is 43.6 Å². The van der Waals surface area contributed by atoms with Crippen molar-refractivity contribution in [3.63, 3.8) is 0 Å². The van der Waals surface area contributed by atoms with Crippen LogP contribution in [0.2, 0.25) is 0 Å². The summed E-state index contributed by atoms with van der Waals surface area (Å²) < 4.78 is 27.9. The lowest BCUT2D eigenvalue weighted by Gasteiger charge is -2.27. The van der Waals surface area contributed by atoms with E-state index in [1.165, 1.54) is 11.6 Å². The fourth-order valence-corrected chi connectivity index (χ4v) is 3.56. The second kappa shape index (κ2) is 13.9. The van der Waals surface area contributed by atoms with E-state index in [9.17, 15) is 9.59 Å². The van der Waals surface area contributed by atoms with E-state index in [0.29, 0.717) is 47.9 Å². The van der Waals surface area contributed by atoms with Gasteiger partial charge >= 0.3 is 6.09 Å². The molecule has 0 radical (unpaired) electrons. The maximum absolute atomic E-state index is 12.9. The summed E-state index contributed by atoms with van der Waals surface area (Å²) in [6.45, 7) is 2.27. The van der Waals surface area contributed by atoms with Gasteiger partial charge in [0.05, 0.1) is 12.7 Å². The van der Waals surface area contributed by atoms with Crippen LogP contribution in [-0.2, 0) is 14.3 Å².